The summed E-state index contributed by atoms with van der Waals surface area (Å²) >= 11 is 0. The van der Waals surface area contributed by atoms with Crippen molar-refractivity contribution in [2.24, 2.45) is 10.8 Å². The summed E-state index contributed by atoms with van der Waals surface area (Å²) in [5, 5.41) is 3.25. The lowest BCUT2D eigenvalue weighted by Crippen LogP contribution is -2.29. The van der Waals surface area contributed by atoms with E-state index in [1.807, 2.05) is 6.92 Å². The lowest BCUT2D eigenvalue weighted by molar-refractivity contribution is -0.142. The number of hydrogen-bond acceptors (Lipinski definition) is 3. The summed E-state index contributed by atoms with van der Waals surface area (Å²) in [7, 11) is 0. The van der Waals surface area contributed by atoms with Gasteiger partial charge < -0.3 is 10.1 Å². The molecule has 1 saturated carbocycles. The fourth-order valence-electron chi connectivity index (χ4n) is 2.10. The molecule has 0 bridgehead atoms. The van der Waals surface area contributed by atoms with Crippen molar-refractivity contribution in [3.63, 3.8) is 0 Å². The lowest BCUT2D eigenvalue weighted by Gasteiger charge is -2.05. The largest absolute Gasteiger partial charge is 0.465 e. The van der Waals surface area contributed by atoms with Crippen LogP contribution in [-0.2, 0) is 9.53 Å². The minimum absolute atomic E-state index is 0.161. The summed E-state index contributed by atoms with van der Waals surface area (Å²) in [5.41, 5.74) is 0.555. The summed E-state index contributed by atoms with van der Waals surface area (Å²) in [4.78, 5) is 11.1. The Labute approximate surface area is 86.2 Å². The molecule has 0 aromatic carbocycles. The van der Waals surface area contributed by atoms with Crippen LogP contribution in [0, 0.1) is 10.8 Å². The van der Waals surface area contributed by atoms with E-state index in [2.05, 4.69) is 33.0 Å². The maximum absolute atomic E-state index is 11.1. The Bertz CT molecular complexity index is 219. The summed E-state index contributed by atoms with van der Waals surface area (Å²) in [6, 6.07) is 0.416. The van der Waals surface area contributed by atoms with Gasteiger partial charge in [-0.3, -0.25) is 4.79 Å². The Morgan fingerprint density at radius 2 is 1.79 bits per heavy atom. The van der Waals surface area contributed by atoms with Gasteiger partial charge in [-0.2, -0.15) is 0 Å². The van der Waals surface area contributed by atoms with Gasteiger partial charge in [-0.25, -0.2) is 0 Å². The van der Waals surface area contributed by atoms with Crippen LogP contribution < -0.4 is 5.32 Å². The molecule has 3 nitrogen and oxygen atoms in total. The summed E-state index contributed by atoms with van der Waals surface area (Å²) < 4.78 is 4.85. The Morgan fingerprint density at radius 1 is 1.29 bits per heavy atom. The molecule has 0 radical (unpaired) electrons. The molecule has 1 aliphatic carbocycles. The van der Waals surface area contributed by atoms with E-state index in [9.17, 15) is 4.79 Å². The van der Waals surface area contributed by atoms with Crippen LogP contribution in [0.15, 0.2) is 0 Å². The molecule has 1 N–H and O–H groups in total. The third kappa shape index (κ3) is 1.78. The highest BCUT2D eigenvalue weighted by Crippen LogP contribution is 2.62. The van der Waals surface area contributed by atoms with E-state index in [4.69, 9.17) is 4.74 Å². The van der Waals surface area contributed by atoms with E-state index in [1.165, 1.54) is 0 Å². The highest BCUT2D eigenvalue weighted by Gasteiger charge is 2.64. The van der Waals surface area contributed by atoms with E-state index in [0.717, 1.165) is 0 Å². The molecule has 1 aliphatic rings. The number of rotatable bonds is 4. The van der Waals surface area contributed by atoms with Crippen LogP contribution in [0.5, 0.6) is 0 Å². The monoisotopic (exact) mass is 199 g/mol. The van der Waals surface area contributed by atoms with Crippen LogP contribution >= 0.6 is 0 Å². The molecule has 0 aromatic rings. The van der Waals surface area contributed by atoms with Crippen molar-refractivity contribution in [2.45, 2.75) is 40.7 Å². The van der Waals surface area contributed by atoms with Crippen molar-refractivity contribution in [1.82, 2.24) is 5.32 Å². The zero-order chi connectivity index (χ0) is 11.0. The number of hydrogen-bond donors (Lipinski definition) is 1. The number of ether oxygens (including phenoxy) is 1. The Balaban J connectivity index is 2.32. The van der Waals surface area contributed by atoms with Gasteiger partial charge in [0.05, 0.1) is 13.2 Å². The predicted octanol–water partition coefficient (Wildman–Crippen LogP) is 1.57. The van der Waals surface area contributed by atoms with Crippen LogP contribution in [0.2, 0.25) is 0 Å². The fraction of sp³-hybridized carbons (Fsp3) is 0.909. The molecule has 3 heteroatoms. The molecule has 1 fully saturated rings. The highest BCUT2D eigenvalue weighted by molar-refractivity contribution is 5.71. The van der Waals surface area contributed by atoms with Crippen molar-refractivity contribution in [3.8, 4) is 0 Å². The molecular formula is C11H21NO2. The first-order valence-corrected chi connectivity index (χ1v) is 5.23. The molecule has 14 heavy (non-hydrogen) atoms. The first-order chi connectivity index (χ1) is 6.34. The third-order valence-corrected chi connectivity index (χ3v) is 3.78. The van der Waals surface area contributed by atoms with Gasteiger partial charge in [0.15, 0.2) is 0 Å². The van der Waals surface area contributed by atoms with E-state index in [0.29, 0.717) is 19.2 Å². The Morgan fingerprint density at radius 3 is 2.14 bits per heavy atom. The van der Waals surface area contributed by atoms with Crippen LogP contribution in [0.1, 0.15) is 34.6 Å². The van der Waals surface area contributed by atoms with Gasteiger partial charge in [-0.1, -0.05) is 27.7 Å². The molecule has 82 valence electrons. The van der Waals surface area contributed by atoms with Gasteiger partial charge in [0, 0.05) is 6.04 Å². The molecule has 1 rings (SSSR count). The third-order valence-electron chi connectivity index (χ3n) is 3.78. The van der Waals surface area contributed by atoms with Crippen LogP contribution in [0.3, 0.4) is 0 Å². The molecule has 0 atom stereocenters. The zero-order valence-electron chi connectivity index (χ0n) is 9.81. The van der Waals surface area contributed by atoms with Gasteiger partial charge in [-0.15, -0.1) is 0 Å². The molecule has 0 unspecified atom stereocenters. The van der Waals surface area contributed by atoms with Crippen LogP contribution in [0.25, 0.3) is 0 Å². The molecule has 0 saturated heterocycles. The first-order valence-electron chi connectivity index (χ1n) is 5.23. The number of carbonyl (C=O) groups excluding carboxylic acids is 1. The second-order valence-corrected chi connectivity index (χ2v) is 5.06. The van der Waals surface area contributed by atoms with E-state index in [-0.39, 0.29) is 16.8 Å². The maximum atomic E-state index is 11.1. The van der Waals surface area contributed by atoms with Crippen LogP contribution in [0.4, 0.5) is 0 Å². The highest BCUT2D eigenvalue weighted by atomic mass is 16.5. The lowest BCUT2D eigenvalue weighted by atomic mass is 10.0. The topological polar surface area (TPSA) is 38.3 Å². The van der Waals surface area contributed by atoms with Gasteiger partial charge in [-0.05, 0) is 17.8 Å². The minimum atomic E-state index is -0.161. The van der Waals surface area contributed by atoms with Crippen molar-refractivity contribution >= 4 is 5.97 Å². The van der Waals surface area contributed by atoms with Crippen molar-refractivity contribution < 1.29 is 9.53 Å². The zero-order valence-corrected chi connectivity index (χ0v) is 9.81. The molecule has 0 spiro atoms. The Hall–Kier alpha value is -0.570. The fourth-order valence-corrected chi connectivity index (χ4v) is 2.10. The normalized spacial score (nSPS) is 23.2. The molecule has 0 amide bonds. The number of esters is 1. The standard InChI is InChI=1S/C11H21NO2/c1-6-14-8(13)7-12-9-10(2,3)11(9,4)5/h9,12H,6-7H2,1-5H3. The number of nitrogens with one attached hydrogen (secondary N) is 1. The predicted molar refractivity (Wildman–Crippen MR) is 56.0 cm³/mol. The second-order valence-electron chi connectivity index (χ2n) is 5.06. The minimum Gasteiger partial charge on any atom is -0.465 e. The van der Waals surface area contributed by atoms with Crippen molar-refractivity contribution in [1.29, 1.82) is 0 Å². The summed E-state index contributed by atoms with van der Waals surface area (Å²) in [6.07, 6.45) is 0. The average Bonchev–Trinajstić information content (AvgIpc) is 2.41. The maximum Gasteiger partial charge on any atom is 0.319 e. The van der Waals surface area contributed by atoms with E-state index >= 15 is 0 Å². The van der Waals surface area contributed by atoms with E-state index < -0.39 is 0 Å². The molecular weight excluding hydrogens is 178 g/mol. The van der Waals surface area contributed by atoms with Crippen molar-refractivity contribution in [3.05, 3.63) is 0 Å². The Kier molecular flexibility index (Phi) is 2.91. The van der Waals surface area contributed by atoms with Gasteiger partial charge in [0.2, 0.25) is 0 Å². The quantitative estimate of drug-likeness (QED) is 0.698. The molecule has 0 aromatic heterocycles. The average molecular weight is 199 g/mol. The van der Waals surface area contributed by atoms with Crippen LogP contribution in [-0.4, -0.2) is 25.2 Å². The van der Waals surface area contributed by atoms with Crippen molar-refractivity contribution in [2.75, 3.05) is 13.2 Å². The smallest absolute Gasteiger partial charge is 0.319 e. The summed E-state index contributed by atoms with van der Waals surface area (Å²) in [6.45, 7) is 11.5. The van der Waals surface area contributed by atoms with Gasteiger partial charge >= 0.3 is 5.97 Å². The van der Waals surface area contributed by atoms with Gasteiger partial charge in [0.1, 0.15) is 0 Å². The second kappa shape index (κ2) is 3.54. The van der Waals surface area contributed by atoms with Gasteiger partial charge in [0.25, 0.3) is 0 Å². The first kappa shape index (κ1) is 11.5. The summed E-state index contributed by atoms with van der Waals surface area (Å²) in [5.74, 6) is -0.161. The molecule has 0 heterocycles. The number of carbonyl (C=O) groups is 1. The SMILES string of the molecule is CCOC(=O)CNC1C(C)(C)C1(C)C. The van der Waals surface area contributed by atoms with E-state index in [1.54, 1.807) is 0 Å². The molecule has 0 aliphatic heterocycles.